The van der Waals surface area contributed by atoms with E-state index < -0.39 is 5.41 Å². The van der Waals surface area contributed by atoms with E-state index in [9.17, 15) is 0 Å². The third-order valence-corrected chi connectivity index (χ3v) is 13.7. The second-order valence-corrected chi connectivity index (χ2v) is 17.1. The van der Waals surface area contributed by atoms with Gasteiger partial charge in [-0.25, -0.2) is 0 Å². The fourth-order valence-electron chi connectivity index (χ4n) is 11.0. The van der Waals surface area contributed by atoms with E-state index in [2.05, 4.69) is 241 Å². The van der Waals surface area contributed by atoms with Crippen LogP contribution in [0.2, 0.25) is 0 Å². The van der Waals surface area contributed by atoms with E-state index in [1.807, 2.05) is 0 Å². The van der Waals surface area contributed by atoms with E-state index in [-0.39, 0.29) is 0 Å². The van der Waals surface area contributed by atoms with Crippen LogP contribution in [0.1, 0.15) is 50.1 Å². The molecule has 2 nitrogen and oxygen atoms in total. The molecule has 300 valence electrons. The SMILES string of the molecule is C(=C(/c1ccccc1)c1ccc2c(c1)-c1cc3ccccc3c(N(c3ccccc3)c3ccc4c(c3)C3(c5ccccc5Oc5ccccc53)c3ccccc3-4)c1C2)/c1ccccc1. The molecule has 0 radical (unpaired) electrons. The van der Waals surface area contributed by atoms with Crippen molar-refractivity contribution in [1.82, 2.24) is 0 Å². The first-order chi connectivity index (χ1) is 31.7. The summed E-state index contributed by atoms with van der Waals surface area (Å²) < 4.78 is 6.70. The molecule has 3 aliphatic rings. The lowest BCUT2D eigenvalue weighted by atomic mass is 9.66. The Bertz CT molecular complexity index is 3450. The van der Waals surface area contributed by atoms with Crippen LogP contribution in [0, 0.1) is 0 Å². The van der Waals surface area contributed by atoms with Gasteiger partial charge in [-0.2, -0.15) is 0 Å². The average Bonchev–Trinajstić information content (AvgIpc) is 3.87. The van der Waals surface area contributed by atoms with Crippen molar-refractivity contribution in [2.75, 3.05) is 4.90 Å². The van der Waals surface area contributed by atoms with Crippen molar-refractivity contribution in [3.63, 3.8) is 0 Å². The Kier molecular flexibility index (Phi) is 8.23. The van der Waals surface area contributed by atoms with Crippen LogP contribution in [0.5, 0.6) is 11.5 Å². The summed E-state index contributed by atoms with van der Waals surface area (Å²) in [5, 5.41) is 2.45. The van der Waals surface area contributed by atoms with Gasteiger partial charge in [-0.1, -0.05) is 182 Å². The maximum Gasteiger partial charge on any atom is 0.132 e. The van der Waals surface area contributed by atoms with E-state index in [0.717, 1.165) is 40.4 Å². The molecule has 0 fully saturated rings. The van der Waals surface area contributed by atoms with Crippen molar-refractivity contribution in [3.05, 3.63) is 281 Å². The monoisotopic (exact) mass is 815 g/mol. The molecule has 2 heteroatoms. The third-order valence-electron chi connectivity index (χ3n) is 13.7. The normalized spacial score (nSPS) is 13.6. The number of fused-ring (bicyclic) bond motifs is 13. The molecular weight excluding hydrogens is 775 g/mol. The first-order valence-corrected chi connectivity index (χ1v) is 22.2. The number of hydrogen-bond donors (Lipinski definition) is 0. The van der Waals surface area contributed by atoms with Crippen molar-refractivity contribution in [2.24, 2.45) is 0 Å². The molecule has 0 aromatic heterocycles. The van der Waals surface area contributed by atoms with Crippen molar-refractivity contribution in [3.8, 4) is 33.8 Å². The lowest BCUT2D eigenvalue weighted by Gasteiger charge is -2.39. The minimum absolute atomic E-state index is 0.577. The molecule has 0 N–H and O–H groups in total. The maximum atomic E-state index is 6.70. The summed E-state index contributed by atoms with van der Waals surface area (Å²) in [4.78, 5) is 2.53. The highest BCUT2D eigenvalue weighted by Crippen LogP contribution is 2.63. The molecule has 64 heavy (non-hydrogen) atoms. The van der Waals surface area contributed by atoms with Gasteiger partial charge in [0.2, 0.25) is 0 Å². The highest BCUT2D eigenvalue weighted by molar-refractivity contribution is 6.07. The zero-order chi connectivity index (χ0) is 42.2. The van der Waals surface area contributed by atoms with Gasteiger partial charge in [0, 0.05) is 34.3 Å². The van der Waals surface area contributed by atoms with Gasteiger partial charge in [0.1, 0.15) is 11.5 Å². The molecule has 10 aromatic rings. The van der Waals surface area contributed by atoms with E-state index >= 15 is 0 Å². The highest BCUT2D eigenvalue weighted by atomic mass is 16.5. The molecule has 1 aliphatic heterocycles. The minimum Gasteiger partial charge on any atom is -0.457 e. The zero-order valence-electron chi connectivity index (χ0n) is 35.1. The predicted molar refractivity (Wildman–Crippen MR) is 264 cm³/mol. The average molecular weight is 816 g/mol. The number of hydrogen-bond acceptors (Lipinski definition) is 2. The van der Waals surface area contributed by atoms with Crippen LogP contribution in [0.25, 0.3) is 44.7 Å². The van der Waals surface area contributed by atoms with Gasteiger partial charge < -0.3 is 9.64 Å². The van der Waals surface area contributed by atoms with E-state index in [4.69, 9.17) is 4.74 Å². The van der Waals surface area contributed by atoms with Gasteiger partial charge in [0.05, 0.1) is 11.1 Å². The fourth-order valence-corrected chi connectivity index (χ4v) is 11.0. The summed E-state index contributed by atoms with van der Waals surface area (Å²) >= 11 is 0. The van der Waals surface area contributed by atoms with Gasteiger partial charge >= 0.3 is 0 Å². The number of benzene rings is 10. The first-order valence-electron chi connectivity index (χ1n) is 22.2. The Balaban J connectivity index is 1.05. The molecule has 0 unspecified atom stereocenters. The molecule has 0 atom stereocenters. The topological polar surface area (TPSA) is 12.5 Å². The van der Waals surface area contributed by atoms with Crippen LogP contribution < -0.4 is 9.64 Å². The lowest BCUT2D eigenvalue weighted by Crippen LogP contribution is -2.32. The standard InChI is InChI=1S/C62H41NO/c1-4-18-41(19-5-1)36-51(42-20-6-2-7-21-42)44-32-33-45-39-54-53(52(45)37-44)38-43-22-10-11-25-48(43)61(54)63(46-23-8-3-9-24-46)47-34-35-50-49-26-12-13-27-55(49)62(58(50)40-47)56-28-14-16-30-59(56)64-60-31-17-15-29-57(60)62/h1-38,40H,39H2/b51-36+. The van der Waals surface area contributed by atoms with E-state index in [0.29, 0.717) is 0 Å². The number of rotatable bonds is 6. The Hall–Kier alpha value is -8.20. The second-order valence-electron chi connectivity index (χ2n) is 17.1. The molecule has 0 saturated heterocycles. The van der Waals surface area contributed by atoms with Gasteiger partial charge in [-0.05, 0) is 127 Å². The van der Waals surface area contributed by atoms with Crippen molar-refractivity contribution in [2.45, 2.75) is 11.8 Å². The van der Waals surface area contributed by atoms with Crippen LogP contribution in [-0.4, -0.2) is 0 Å². The smallest absolute Gasteiger partial charge is 0.132 e. The summed E-state index contributed by atoms with van der Waals surface area (Å²) in [6.07, 6.45) is 3.15. The number of para-hydroxylation sites is 3. The fraction of sp³-hybridized carbons (Fsp3) is 0.0323. The van der Waals surface area contributed by atoms with Crippen LogP contribution in [0.4, 0.5) is 17.1 Å². The molecular formula is C62H41NO. The minimum atomic E-state index is -0.577. The van der Waals surface area contributed by atoms with Crippen LogP contribution in [0.3, 0.4) is 0 Å². The quantitative estimate of drug-likeness (QED) is 0.155. The summed E-state index contributed by atoms with van der Waals surface area (Å²) in [6, 6.07) is 84.3. The number of nitrogens with zero attached hydrogens (tertiary/aromatic N) is 1. The third kappa shape index (κ3) is 5.46. The lowest BCUT2D eigenvalue weighted by molar-refractivity contribution is 0.436. The van der Waals surface area contributed by atoms with E-state index in [1.165, 1.54) is 83.2 Å². The van der Waals surface area contributed by atoms with Crippen LogP contribution in [0.15, 0.2) is 231 Å². The molecule has 1 spiro atoms. The molecule has 1 heterocycles. The Morgan fingerprint density at radius 2 is 1.06 bits per heavy atom. The van der Waals surface area contributed by atoms with Gasteiger partial charge in [-0.3, -0.25) is 0 Å². The first kappa shape index (κ1) is 36.5. The predicted octanol–water partition coefficient (Wildman–Crippen LogP) is 15.9. The Morgan fingerprint density at radius 3 is 1.83 bits per heavy atom. The number of anilines is 3. The van der Waals surface area contributed by atoms with Crippen molar-refractivity contribution < 1.29 is 4.74 Å². The molecule has 0 amide bonds. The molecule has 0 saturated carbocycles. The molecule has 0 bridgehead atoms. The number of ether oxygens (including phenoxy) is 1. The second kappa shape index (κ2) is 14.4. The maximum absolute atomic E-state index is 6.70. The van der Waals surface area contributed by atoms with Gasteiger partial charge in [0.15, 0.2) is 0 Å². The molecule has 2 aliphatic carbocycles. The molecule has 10 aromatic carbocycles. The van der Waals surface area contributed by atoms with Crippen molar-refractivity contribution in [1.29, 1.82) is 0 Å². The summed E-state index contributed by atoms with van der Waals surface area (Å²) in [7, 11) is 0. The highest BCUT2D eigenvalue weighted by Gasteiger charge is 2.51. The zero-order valence-corrected chi connectivity index (χ0v) is 35.1. The Labute approximate surface area is 373 Å². The van der Waals surface area contributed by atoms with Gasteiger partial charge in [0.25, 0.3) is 0 Å². The summed E-state index contributed by atoms with van der Waals surface area (Å²) in [6.45, 7) is 0. The van der Waals surface area contributed by atoms with Crippen LogP contribution >= 0.6 is 0 Å². The largest absolute Gasteiger partial charge is 0.457 e. The summed E-state index contributed by atoms with van der Waals surface area (Å²) in [5.41, 5.74) is 20.3. The van der Waals surface area contributed by atoms with E-state index in [1.54, 1.807) is 0 Å². The van der Waals surface area contributed by atoms with Crippen molar-refractivity contribution >= 4 is 39.5 Å². The van der Waals surface area contributed by atoms with Crippen LogP contribution in [-0.2, 0) is 11.8 Å². The molecule has 13 rings (SSSR count). The summed E-state index contributed by atoms with van der Waals surface area (Å²) in [5.74, 6) is 1.79. The Morgan fingerprint density at radius 1 is 0.438 bits per heavy atom. The van der Waals surface area contributed by atoms with Gasteiger partial charge in [-0.15, -0.1) is 0 Å².